The van der Waals surface area contributed by atoms with Gasteiger partial charge in [-0.05, 0) is 34.7 Å². The third-order valence-corrected chi connectivity index (χ3v) is 4.00. The number of carbonyl (C=O) groups excluding carboxylic acids is 1. The molecule has 110 valence electrons. The second-order valence-electron chi connectivity index (χ2n) is 3.87. The zero-order chi connectivity index (χ0) is 15.3. The van der Waals surface area contributed by atoms with Crippen LogP contribution in [0, 0.1) is 3.57 Å². The summed E-state index contributed by atoms with van der Waals surface area (Å²) in [6, 6.07) is 3.11. The van der Waals surface area contributed by atoms with E-state index in [-0.39, 0.29) is 18.5 Å². The van der Waals surface area contributed by atoms with E-state index in [9.17, 15) is 9.59 Å². The van der Waals surface area contributed by atoms with Crippen LogP contribution in [0.15, 0.2) is 12.1 Å². The van der Waals surface area contributed by atoms with Crippen LogP contribution in [0.5, 0.6) is 5.75 Å². The van der Waals surface area contributed by atoms with Gasteiger partial charge in [0.05, 0.1) is 17.7 Å². The lowest BCUT2D eigenvalue weighted by Gasteiger charge is -2.11. The predicted octanol–water partition coefficient (Wildman–Crippen LogP) is 1.52. The molecule has 1 aromatic carbocycles. The molecule has 6 nitrogen and oxygen atoms in total. The number of hydrogen-bond acceptors (Lipinski definition) is 4. The van der Waals surface area contributed by atoms with Gasteiger partial charge >= 0.3 is 5.97 Å². The topological polar surface area (TPSA) is 95.9 Å². The highest BCUT2D eigenvalue weighted by Gasteiger charge is 2.17. The minimum Gasteiger partial charge on any atom is -0.496 e. The van der Waals surface area contributed by atoms with Gasteiger partial charge in [0.2, 0.25) is 0 Å². The molecule has 8 heteroatoms. The van der Waals surface area contributed by atoms with Crippen molar-refractivity contribution in [3.8, 4) is 5.75 Å². The number of amides is 1. The molecule has 1 rings (SSSR count). The maximum Gasteiger partial charge on any atom is 0.332 e. The first-order valence-electron chi connectivity index (χ1n) is 5.59. The van der Waals surface area contributed by atoms with Crippen LogP contribution >= 0.6 is 34.2 Å². The SMILES string of the molecule is COc1cc(I)c(Cl)cc1C(=O)NCCC(O)C(=O)O. The molecule has 0 heterocycles. The van der Waals surface area contributed by atoms with Gasteiger partial charge in [-0.1, -0.05) is 11.6 Å². The van der Waals surface area contributed by atoms with Gasteiger partial charge in [0.15, 0.2) is 6.10 Å². The van der Waals surface area contributed by atoms with Gasteiger partial charge in [-0.2, -0.15) is 0 Å². The summed E-state index contributed by atoms with van der Waals surface area (Å²) in [5.41, 5.74) is 0.253. The van der Waals surface area contributed by atoms with Crippen molar-refractivity contribution in [2.75, 3.05) is 13.7 Å². The van der Waals surface area contributed by atoms with Gasteiger partial charge in [0.25, 0.3) is 5.91 Å². The Labute approximate surface area is 134 Å². The van der Waals surface area contributed by atoms with Crippen molar-refractivity contribution in [2.24, 2.45) is 0 Å². The van der Waals surface area contributed by atoms with E-state index in [1.54, 1.807) is 6.07 Å². The zero-order valence-electron chi connectivity index (χ0n) is 10.5. The summed E-state index contributed by atoms with van der Waals surface area (Å²) in [7, 11) is 1.43. The standard InChI is InChI=1S/C12H13ClINO5/c1-20-10-5-8(14)7(13)4-6(10)11(17)15-3-2-9(16)12(18)19/h4-5,9,16H,2-3H2,1H3,(H,15,17)(H,18,19). The maximum absolute atomic E-state index is 12.0. The fraction of sp³-hybridized carbons (Fsp3) is 0.333. The minimum absolute atomic E-state index is 0.0268. The molecule has 1 aromatic rings. The highest BCUT2D eigenvalue weighted by Crippen LogP contribution is 2.28. The molecule has 0 saturated heterocycles. The minimum atomic E-state index is -1.50. The Morgan fingerprint density at radius 1 is 1.50 bits per heavy atom. The smallest absolute Gasteiger partial charge is 0.332 e. The van der Waals surface area contributed by atoms with Gasteiger partial charge in [-0.15, -0.1) is 0 Å². The molecule has 3 N–H and O–H groups in total. The van der Waals surface area contributed by atoms with Gasteiger partial charge in [0.1, 0.15) is 5.75 Å². The number of rotatable bonds is 6. The lowest BCUT2D eigenvalue weighted by Crippen LogP contribution is -2.30. The molecule has 1 atom stereocenters. The lowest BCUT2D eigenvalue weighted by atomic mass is 10.2. The summed E-state index contributed by atoms with van der Waals surface area (Å²) in [5.74, 6) is -1.40. The Morgan fingerprint density at radius 2 is 2.15 bits per heavy atom. The van der Waals surface area contributed by atoms with E-state index in [0.29, 0.717) is 10.8 Å². The summed E-state index contributed by atoms with van der Waals surface area (Å²) in [6.45, 7) is 0.0268. The first-order valence-corrected chi connectivity index (χ1v) is 7.04. The van der Waals surface area contributed by atoms with E-state index in [0.717, 1.165) is 3.57 Å². The Morgan fingerprint density at radius 3 is 2.70 bits per heavy atom. The number of carboxylic acids is 1. The lowest BCUT2D eigenvalue weighted by molar-refractivity contribution is -0.146. The number of halogens is 2. The number of carboxylic acid groups (broad SMARTS) is 1. The molecule has 20 heavy (non-hydrogen) atoms. The molecule has 0 radical (unpaired) electrons. The Kier molecular flexibility index (Phi) is 6.50. The number of nitrogens with one attached hydrogen (secondary N) is 1. The van der Waals surface area contributed by atoms with E-state index in [2.05, 4.69) is 5.32 Å². The molecular formula is C12H13ClINO5. The van der Waals surface area contributed by atoms with Crippen LogP contribution in [-0.4, -0.2) is 41.8 Å². The van der Waals surface area contributed by atoms with Crippen LogP contribution in [0.25, 0.3) is 0 Å². The van der Waals surface area contributed by atoms with E-state index in [4.69, 9.17) is 26.6 Å². The van der Waals surface area contributed by atoms with Crippen LogP contribution in [0.1, 0.15) is 16.8 Å². The second-order valence-corrected chi connectivity index (χ2v) is 5.43. The number of aliphatic carboxylic acids is 1. The molecular weight excluding hydrogens is 400 g/mol. The number of aliphatic hydroxyl groups is 1. The molecule has 0 aliphatic rings. The second kappa shape index (κ2) is 7.65. The van der Waals surface area contributed by atoms with Crippen LogP contribution in [0.4, 0.5) is 0 Å². The monoisotopic (exact) mass is 413 g/mol. The molecule has 0 saturated carbocycles. The molecule has 0 spiro atoms. The first kappa shape index (κ1) is 17.0. The van der Waals surface area contributed by atoms with Gasteiger partial charge in [-0.25, -0.2) is 4.79 Å². The number of aliphatic hydroxyl groups excluding tert-OH is 1. The number of methoxy groups -OCH3 is 1. The molecule has 1 unspecified atom stereocenters. The number of benzene rings is 1. The van der Waals surface area contributed by atoms with Crippen molar-refractivity contribution < 1.29 is 24.5 Å². The third kappa shape index (κ3) is 4.50. The molecule has 0 bridgehead atoms. The van der Waals surface area contributed by atoms with Crippen molar-refractivity contribution in [3.63, 3.8) is 0 Å². The number of ether oxygens (including phenoxy) is 1. The quantitative estimate of drug-likeness (QED) is 0.615. The van der Waals surface area contributed by atoms with Crippen LogP contribution < -0.4 is 10.1 Å². The third-order valence-electron chi connectivity index (χ3n) is 2.48. The molecule has 0 aromatic heterocycles. The molecule has 0 fully saturated rings. The Bertz CT molecular complexity index is 523. The zero-order valence-corrected chi connectivity index (χ0v) is 13.4. The van der Waals surface area contributed by atoms with Gasteiger partial charge < -0.3 is 20.3 Å². The largest absolute Gasteiger partial charge is 0.496 e. The van der Waals surface area contributed by atoms with E-state index in [1.807, 2.05) is 22.6 Å². The van der Waals surface area contributed by atoms with Crippen molar-refractivity contribution in [3.05, 3.63) is 26.3 Å². The van der Waals surface area contributed by atoms with Crippen molar-refractivity contribution in [1.29, 1.82) is 0 Å². The first-order chi connectivity index (χ1) is 9.36. The summed E-state index contributed by atoms with van der Waals surface area (Å²) in [4.78, 5) is 22.4. The van der Waals surface area contributed by atoms with E-state index < -0.39 is 18.0 Å². The average molecular weight is 414 g/mol. The molecule has 0 aliphatic carbocycles. The number of hydrogen-bond donors (Lipinski definition) is 3. The normalized spacial score (nSPS) is 11.8. The van der Waals surface area contributed by atoms with E-state index in [1.165, 1.54) is 13.2 Å². The molecule has 1 amide bonds. The fourth-order valence-corrected chi connectivity index (χ4v) is 2.02. The van der Waals surface area contributed by atoms with Crippen molar-refractivity contribution in [1.82, 2.24) is 5.32 Å². The highest BCUT2D eigenvalue weighted by molar-refractivity contribution is 14.1. The van der Waals surface area contributed by atoms with Crippen LogP contribution in [0.2, 0.25) is 5.02 Å². The Balaban J connectivity index is 2.73. The highest BCUT2D eigenvalue weighted by atomic mass is 127. The van der Waals surface area contributed by atoms with Crippen molar-refractivity contribution in [2.45, 2.75) is 12.5 Å². The van der Waals surface area contributed by atoms with Crippen molar-refractivity contribution >= 4 is 46.1 Å². The molecule has 0 aliphatic heterocycles. The number of carbonyl (C=O) groups is 2. The van der Waals surface area contributed by atoms with Gasteiger partial charge in [0, 0.05) is 16.5 Å². The predicted molar refractivity (Wildman–Crippen MR) is 81.3 cm³/mol. The summed E-state index contributed by atoms with van der Waals surface area (Å²) < 4.78 is 5.85. The summed E-state index contributed by atoms with van der Waals surface area (Å²) in [6.07, 6.45) is -1.58. The summed E-state index contributed by atoms with van der Waals surface area (Å²) >= 11 is 7.97. The Hall–Kier alpha value is -1.06. The maximum atomic E-state index is 12.0. The van der Waals surface area contributed by atoms with Crippen LogP contribution in [0.3, 0.4) is 0 Å². The van der Waals surface area contributed by atoms with Gasteiger partial charge in [-0.3, -0.25) is 4.79 Å². The van der Waals surface area contributed by atoms with E-state index >= 15 is 0 Å². The fourth-order valence-electron chi connectivity index (χ4n) is 1.42. The summed E-state index contributed by atoms with van der Waals surface area (Å²) in [5, 5.41) is 20.5. The van der Waals surface area contributed by atoms with Crippen LogP contribution in [-0.2, 0) is 4.79 Å². The average Bonchev–Trinajstić information content (AvgIpc) is 2.40.